The molecule has 0 spiro atoms. The van der Waals surface area contributed by atoms with E-state index in [1.807, 2.05) is 12.2 Å². The van der Waals surface area contributed by atoms with Gasteiger partial charge in [-0.05, 0) is 30.6 Å². The lowest BCUT2D eigenvalue weighted by Crippen LogP contribution is -2.43. The molecule has 1 nitrogen and oxygen atoms in total. The van der Waals surface area contributed by atoms with Crippen LogP contribution in [0.1, 0.15) is 19.3 Å². The normalized spacial score (nSPS) is 43.2. The van der Waals surface area contributed by atoms with Gasteiger partial charge in [0, 0.05) is 12.3 Å². The number of ketones is 1. The molecule has 0 aromatic heterocycles. The SMILES string of the molecule is C=CC1C2CCC(C(=O)C2)C1C=C. The van der Waals surface area contributed by atoms with E-state index in [4.69, 9.17) is 0 Å². The van der Waals surface area contributed by atoms with E-state index in [0.29, 0.717) is 23.5 Å². The van der Waals surface area contributed by atoms with Crippen LogP contribution in [0.3, 0.4) is 0 Å². The first-order chi connectivity index (χ1) is 6.27. The maximum Gasteiger partial charge on any atom is 0.136 e. The van der Waals surface area contributed by atoms with Crippen LogP contribution in [-0.4, -0.2) is 5.78 Å². The van der Waals surface area contributed by atoms with Crippen LogP contribution < -0.4 is 0 Å². The average Bonchev–Trinajstić information content (AvgIpc) is 2.17. The Morgan fingerprint density at radius 2 is 1.85 bits per heavy atom. The molecule has 0 radical (unpaired) electrons. The van der Waals surface area contributed by atoms with E-state index >= 15 is 0 Å². The minimum atomic E-state index is 0.255. The quantitative estimate of drug-likeness (QED) is 0.591. The second kappa shape index (κ2) is 3.13. The van der Waals surface area contributed by atoms with Crippen molar-refractivity contribution in [1.82, 2.24) is 0 Å². The van der Waals surface area contributed by atoms with E-state index in [1.54, 1.807) is 0 Å². The summed E-state index contributed by atoms with van der Waals surface area (Å²) in [5.74, 6) is 2.15. The van der Waals surface area contributed by atoms with Crippen molar-refractivity contribution in [3.05, 3.63) is 25.3 Å². The highest BCUT2D eigenvalue weighted by atomic mass is 16.1. The monoisotopic (exact) mass is 176 g/mol. The largest absolute Gasteiger partial charge is 0.299 e. The van der Waals surface area contributed by atoms with E-state index < -0.39 is 0 Å². The summed E-state index contributed by atoms with van der Waals surface area (Å²) in [5, 5.41) is 0. The van der Waals surface area contributed by atoms with Gasteiger partial charge in [0.2, 0.25) is 0 Å². The van der Waals surface area contributed by atoms with Crippen molar-refractivity contribution in [3.8, 4) is 0 Å². The Kier molecular flexibility index (Phi) is 2.10. The molecule has 3 rings (SSSR count). The standard InChI is InChI=1S/C12H16O/c1-3-9-8-5-6-11(10(9)4-2)12(13)7-8/h3-4,8-11H,1-2,5-7H2. The Bertz CT molecular complexity index is 252. The summed E-state index contributed by atoms with van der Waals surface area (Å²) < 4.78 is 0. The first-order valence-corrected chi connectivity index (χ1v) is 5.05. The maximum atomic E-state index is 11.6. The number of carbonyl (C=O) groups excluding carboxylic acids is 1. The molecule has 2 bridgehead atoms. The van der Waals surface area contributed by atoms with Crippen molar-refractivity contribution in [1.29, 1.82) is 0 Å². The van der Waals surface area contributed by atoms with E-state index in [-0.39, 0.29) is 5.92 Å². The van der Waals surface area contributed by atoms with Gasteiger partial charge in [-0.25, -0.2) is 0 Å². The molecule has 0 aromatic carbocycles. The Morgan fingerprint density at radius 3 is 2.38 bits per heavy atom. The smallest absolute Gasteiger partial charge is 0.136 e. The van der Waals surface area contributed by atoms with Crippen LogP contribution in [0.4, 0.5) is 0 Å². The highest BCUT2D eigenvalue weighted by Gasteiger charge is 2.45. The Balaban J connectivity index is 2.29. The number of hydrogen-bond acceptors (Lipinski definition) is 1. The number of Topliss-reactive ketones (excluding diaryl/α,β-unsaturated/α-hetero) is 1. The third-order valence-corrected chi connectivity index (χ3v) is 3.72. The van der Waals surface area contributed by atoms with Gasteiger partial charge in [0.15, 0.2) is 0 Å². The van der Waals surface area contributed by atoms with Crippen LogP contribution in [0, 0.1) is 23.7 Å². The van der Waals surface area contributed by atoms with Gasteiger partial charge in [0.1, 0.15) is 5.78 Å². The van der Waals surface area contributed by atoms with Crippen LogP contribution in [0.2, 0.25) is 0 Å². The van der Waals surface area contributed by atoms with Gasteiger partial charge in [0.25, 0.3) is 0 Å². The molecule has 0 aromatic rings. The number of allylic oxidation sites excluding steroid dienone is 2. The van der Waals surface area contributed by atoms with Crippen molar-refractivity contribution in [2.24, 2.45) is 23.7 Å². The molecule has 3 aliphatic rings. The third kappa shape index (κ3) is 1.18. The van der Waals surface area contributed by atoms with E-state index in [9.17, 15) is 4.79 Å². The molecule has 3 fully saturated rings. The molecule has 0 saturated heterocycles. The number of fused-ring (bicyclic) bond motifs is 3. The lowest BCUT2D eigenvalue weighted by Gasteiger charge is -2.45. The van der Waals surface area contributed by atoms with E-state index in [1.165, 1.54) is 6.42 Å². The minimum absolute atomic E-state index is 0.255. The van der Waals surface area contributed by atoms with Crippen molar-refractivity contribution in [3.63, 3.8) is 0 Å². The Morgan fingerprint density at radius 1 is 1.15 bits per heavy atom. The molecule has 4 unspecified atom stereocenters. The number of carbonyl (C=O) groups is 1. The van der Waals surface area contributed by atoms with Crippen molar-refractivity contribution in [2.75, 3.05) is 0 Å². The summed E-state index contributed by atoms with van der Waals surface area (Å²) in [6.07, 6.45) is 7.05. The molecule has 13 heavy (non-hydrogen) atoms. The number of hydrogen-bond donors (Lipinski definition) is 0. The average molecular weight is 176 g/mol. The second-order valence-electron chi connectivity index (χ2n) is 4.24. The van der Waals surface area contributed by atoms with Gasteiger partial charge >= 0.3 is 0 Å². The summed E-state index contributed by atoms with van der Waals surface area (Å²) in [7, 11) is 0. The van der Waals surface area contributed by atoms with Crippen molar-refractivity contribution in [2.45, 2.75) is 19.3 Å². The van der Waals surface area contributed by atoms with E-state index in [2.05, 4.69) is 13.2 Å². The molecule has 4 atom stereocenters. The van der Waals surface area contributed by atoms with Gasteiger partial charge in [-0.2, -0.15) is 0 Å². The van der Waals surface area contributed by atoms with Gasteiger partial charge in [-0.1, -0.05) is 12.2 Å². The summed E-state index contributed by atoms with van der Waals surface area (Å²) in [5.41, 5.74) is 0. The predicted molar refractivity (Wildman–Crippen MR) is 53.2 cm³/mol. The molecule has 70 valence electrons. The topological polar surface area (TPSA) is 17.1 Å². The van der Waals surface area contributed by atoms with Gasteiger partial charge < -0.3 is 0 Å². The first kappa shape index (κ1) is 8.74. The van der Waals surface area contributed by atoms with E-state index in [0.717, 1.165) is 12.8 Å². The third-order valence-electron chi connectivity index (χ3n) is 3.72. The first-order valence-electron chi connectivity index (χ1n) is 5.05. The molecule has 0 aliphatic heterocycles. The zero-order valence-corrected chi connectivity index (χ0v) is 7.91. The van der Waals surface area contributed by atoms with Gasteiger partial charge in [-0.15, -0.1) is 13.2 Å². The fourth-order valence-electron chi connectivity index (χ4n) is 3.06. The lowest BCUT2D eigenvalue weighted by atomic mass is 9.58. The van der Waals surface area contributed by atoms with Gasteiger partial charge in [-0.3, -0.25) is 4.79 Å². The summed E-state index contributed by atoms with van der Waals surface area (Å²) >= 11 is 0. The molecule has 0 N–H and O–H groups in total. The molecule has 3 aliphatic carbocycles. The van der Waals surface area contributed by atoms with Crippen molar-refractivity contribution >= 4 is 5.78 Å². The van der Waals surface area contributed by atoms with Crippen molar-refractivity contribution < 1.29 is 4.79 Å². The number of rotatable bonds is 2. The summed E-state index contributed by atoms with van der Waals surface area (Å²) in [6, 6.07) is 0. The van der Waals surface area contributed by atoms with Crippen LogP contribution >= 0.6 is 0 Å². The lowest BCUT2D eigenvalue weighted by molar-refractivity contribution is -0.133. The molecule has 1 heteroatoms. The highest BCUT2D eigenvalue weighted by molar-refractivity contribution is 5.83. The second-order valence-corrected chi connectivity index (χ2v) is 4.24. The summed E-state index contributed by atoms with van der Waals surface area (Å²) in [6.45, 7) is 7.70. The Labute approximate surface area is 79.5 Å². The summed E-state index contributed by atoms with van der Waals surface area (Å²) in [4.78, 5) is 11.6. The van der Waals surface area contributed by atoms with Crippen LogP contribution in [0.5, 0.6) is 0 Å². The highest BCUT2D eigenvalue weighted by Crippen LogP contribution is 2.47. The van der Waals surface area contributed by atoms with Gasteiger partial charge in [0.05, 0.1) is 0 Å². The predicted octanol–water partition coefficient (Wildman–Crippen LogP) is 2.59. The molecular weight excluding hydrogens is 160 g/mol. The zero-order valence-electron chi connectivity index (χ0n) is 7.91. The van der Waals surface area contributed by atoms with Crippen LogP contribution in [0.15, 0.2) is 25.3 Å². The van der Waals surface area contributed by atoms with Crippen LogP contribution in [0.25, 0.3) is 0 Å². The molecule has 3 saturated carbocycles. The molecule has 0 heterocycles. The zero-order chi connectivity index (χ0) is 9.42. The fraction of sp³-hybridized carbons (Fsp3) is 0.583. The maximum absolute atomic E-state index is 11.6. The van der Waals surface area contributed by atoms with Crippen LogP contribution in [-0.2, 0) is 4.79 Å². The minimum Gasteiger partial charge on any atom is -0.299 e. The molecule has 0 amide bonds. The fourth-order valence-corrected chi connectivity index (χ4v) is 3.06. The Hall–Kier alpha value is -0.850. The molecular formula is C12H16O.